The smallest absolute Gasteiger partial charge is 0.246 e. The topological polar surface area (TPSA) is 40.6 Å². The van der Waals surface area contributed by atoms with Crippen molar-refractivity contribution < 1.29 is 9.59 Å². The Balaban J connectivity index is 2.11. The number of thiocarbonyl (C=S) groups is 1. The van der Waals surface area contributed by atoms with Crippen LogP contribution in [0.3, 0.4) is 0 Å². The number of amides is 2. The van der Waals surface area contributed by atoms with Gasteiger partial charge in [0.2, 0.25) is 11.8 Å². The molecule has 0 radical (unpaired) electrons. The monoisotopic (exact) mass is 364 g/mol. The number of carbonyl (C=O) groups is 2. The van der Waals surface area contributed by atoms with Crippen molar-refractivity contribution >= 4 is 45.8 Å². The van der Waals surface area contributed by atoms with Gasteiger partial charge in [-0.05, 0) is 31.4 Å². The standard InChI is InChI=1S/C18H24N2O2S2/c1-4-10-19(11-5-2)16(21)12-15-17(22)20(18(23)24-15)14-9-7-6-8-13(14)3/h6-9,15H,4-5,10-12H2,1-3H3. The number of para-hydroxylation sites is 1. The van der Waals surface area contributed by atoms with Gasteiger partial charge in [-0.25, -0.2) is 0 Å². The molecular weight excluding hydrogens is 340 g/mol. The van der Waals surface area contributed by atoms with Crippen molar-refractivity contribution in [2.45, 2.75) is 45.3 Å². The fraction of sp³-hybridized carbons (Fsp3) is 0.500. The van der Waals surface area contributed by atoms with E-state index in [-0.39, 0.29) is 18.2 Å². The molecule has 2 rings (SSSR count). The molecule has 1 atom stereocenters. The first kappa shape index (κ1) is 18.9. The zero-order valence-electron chi connectivity index (χ0n) is 14.4. The molecule has 0 aliphatic carbocycles. The Labute approximate surface area is 153 Å². The molecule has 0 bridgehead atoms. The fourth-order valence-electron chi connectivity index (χ4n) is 2.81. The second-order valence-corrected chi connectivity index (χ2v) is 7.75. The Morgan fingerprint density at radius 3 is 2.46 bits per heavy atom. The summed E-state index contributed by atoms with van der Waals surface area (Å²) in [7, 11) is 0. The minimum Gasteiger partial charge on any atom is -0.343 e. The number of hydrogen-bond acceptors (Lipinski definition) is 4. The van der Waals surface area contributed by atoms with Gasteiger partial charge in [0.05, 0.1) is 5.69 Å². The summed E-state index contributed by atoms with van der Waals surface area (Å²) in [5.41, 5.74) is 1.81. The highest BCUT2D eigenvalue weighted by Gasteiger charge is 2.40. The molecule has 1 heterocycles. The van der Waals surface area contributed by atoms with Crippen LogP contribution in [0.25, 0.3) is 0 Å². The van der Waals surface area contributed by atoms with Crippen molar-refractivity contribution in [3.05, 3.63) is 29.8 Å². The first-order valence-electron chi connectivity index (χ1n) is 8.37. The Bertz CT molecular complexity index is 627. The van der Waals surface area contributed by atoms with Crippen molar-refractivity contribution in [2.75, 3.05) is 18.0 Å². The molecule has 4 nitrogen and oxygen atoms in total. The molecule has 0 saturated carbocycles. The molecule has 24 heavy (non-hydrogen) atoms. The van der Waals surface area contributed by atoms with Crippen molar-refractivity contribution in [1.82, 2.24) is 4.90 Å². The predicted octanol–water partition coefficient (Wildman–Crippen LogP) is 3.77. The normalized spacial score (nSPS) is 17.5. The number of rotatable bonds is 7. The van der Waals surface area contributed by atoms with Gasteiger partial charge in [-0.15, -0.1) is 0 Å². The van der Waals surface area contributed by atoms with E-state index in [1.165, 1.54) is 11.8 Å². The van der Waals surface area contributed by atoms with Crippen LogP contribution in [0, 0.1) is 6.92 Å². The Kier molecular flexibility index (Phi) is 6.80. The van der Waals surface area contributed by atoms with Crippen LogP contribution < -0.4 is 4.90 Å². The largest absolute Gasteiger partial charge is 0.343 e. The summed E-state index contributed by atoms with van der Waals surface area (Å²) < 4.78 is 0.532. The maximum absolute atomic E-state index is 12.8. The summed E-state index contributed by atoms with van der Waals surface area (Å²) in [4.78, 5) is 28.8. The molecule has 1 unspecified atom stereocenters. The van der Waals surface area contributed by atoms with Crippen LogP contribution in [0.15, 0.2) is 24.3 Å². The third kappa shape index (κ3) is 4.16. The quantitative estimate of drug-likeness (QED) is 0.691. The summed E-state index contributed by atoms with van der Waals surface area (Å²) in [6.07, 6.45) is 2.06. The van der Waals surface area contributed by atoms with Gasteiger partial charge in [-0.1, -0.05) is 56.0 Å². The molecule has 0 spiro atoms. The van der Waals surface area contributed by atoms with Crippen LogP contribution in [0.2, 0.25) is 0 Å². The van der Waals surface area contributed by atoms with Crippen molar-refractivity contribution in [2.24, 2.45) is 0 Å². The fourth-order valence-corrected chi connectivity index (χ4v) is 4.31. The lowest BCUT2D eigenvalue weighted by Crippen LogP contribution is -2.37. The Morgan fingerprint density at radius 2 is 1.88 bits per heavy atom. The number of thioether (sulfide) groups is 1. The van der Waals surface area contributed by atoms with Crippen molar-refractivity contribution in [1.29, 1.82) is 0 Å². The minimum absolute atomic E-state index is 0.0407. The van der Waals surface area contributed by atoms with Crippen LogP contribution in [0.4, 0.5) is 5.69 Å². The summed E-state index contributed by atoms with van der Waals surface area (Å²) >= 11 is 6.73. The average molecular weight is 365 g/mol. The average Bonchev–Trinajstić information content (AvgIpc) is 2.82. The molecule has 1 fully saturated rings. The highest BCUT2D eigenvalue weighted by molar-refractivity contribution is 8.25. The number of hydrogen-bond donors (Lipinski definition) is 0. The van der Waals surface area contributed by atoms with E-state index in [4.69, 9.17) is 12.2 Å². The molecular formula is C18H24N2O2S2. The first-order chi connectivity index (χ1) is 11.5. The van der Waals surface area contributed by atoms with Crippen LogP contribution in [0.5, 0.6) is 0 Å². The molecule has 2 amide bonds. The lowest BCUT2D eigenvalue weighted by molar-refractivity contribution is -0.132. The number of benzene rings is 1. The lowest BCUT2D eigenvalue weighted by Gasteiger charge is -2.22. The minimum atomic E-state index is -0.416. The van der Waals surface area contributed by atoms with E-state index in [0.717, 1.165) is 37.2 Å². The zero-order valence-corrected chi connectivity index (χ0v) is 16.1. The number of aryl methyl sites for hydroxylation is 1. The molecule has 1 saturated heterocycles. The van der Waals surface area contributed by atoms with E-state index < -0.39 is 5.25 Å². The molecule has 0 N–H and O–H groups in total. The van der Waals surface area contributed by atoms with E-state index >= 15 is 0 Å². The third-order valence-electron chi connectivity index (χ3n) is 3.98. The van der Waals surface area contributed by atoms with Gasteiger partial charge in [0.25, 0.3) is 0 Å². The van der Waals surface area contributed by atoms with Crippen molar-refractivity contribution in [3.8, 4) is 0 Å². The van der Waals surface area contributed by atoms with Crippen LogP contribution in [0.1, 0.15) is 38.7 Å². The van der Waals surface area contributed by atoms with Crippen LogP contribution in [-0.2, 0) is 9.59 Å². The second-order valence-electron chi connectivity index (χ2n) is 5.92. The van der Waals surface area contributed by atoms with E-state index in [0.29, 0.717) is 4.32 Å². The van der Waals surface area contributed by atoms with Gasteiger partial charge < -0.3 is 4.90 Å². The molecule has 1 aromatic carbocycles. The molecule has 0 aromatic heterocycles. The van der Waals surface area contributed by atoms with Gasteiger partial charge in [0, 0.05) is 19.5 Å². The van der Waals surface area contributed by atoms with Crippen molar-refractivity contribution in [3.63, 3.8) is 0 Å². The Hall–Kier alpha value is -1.40. The van der Waals surface area contributed by atoms with E-state index in [2.05, 4.69) is 13.8 Å². The van der Waals surface area contributed by atoms with Gasteiger partial charge in [0.15, 0.2) is 0 Å². The highest BCUT2D eigenvalue weighted by atomic mass is 32.2. The maximum atomic E-state index is 12.8. The SMILES string of the molecule is CCCN(CCC)C(=O)CC1SC(=S)N(c2ccccc2C)C1=O. The zero-order chi connectivity index (χ0) is 17.7. The predicted molar refractivity (Wildman–Crippen MR) is 104 cm³/mol. The third-order valence-corrected chi connectivity index (χ3v) is 5.49. The molecule has 1 aromatic rings. The van der Waals surface area contributed by atoms with E-state index in [1.807, 2.05) is 36.1 Å². The Morgan fingerprint density at radius 1 is 1.25 bits per heavy atom. The highest BCUT2D eigenvalue weighted by Crippen LogP contribution is 2.35. The van der Waals surface area contributed by atoms with E-state index in [9.17, 15) is 9.59 Å². The molecule has 130 valence electrons. The lowest BCUT2D eigenvalue weighted by atomic mass is 10.1. The molecule has 6 heteroatoms. The second kappa shape index (κ2) is 8.62. The van der Waals surface area contributed by atoms with Gasteiger partial charge in [0.1, 0.15) is 9.57 Å². The van der Waals surface area contributed by atoms with Gasteiger partial charge >= 0.3 is 0 Å². The summed E-state index contributed by atoms with van der Waals surface area (Å²) in [5, 5.41) is -0.416. The number of carbonyl (C=O) groups excluding carboxylic acids is 2. The number of anilines is 1. The number of nitrogens with zero attached hydrogens (tertiary/aromatic N) is 2. The van der Waals surface area contributed by atoms with Gasteiger partial charge in [-0.3, -0.25) is 14.5 Å². The van der Waals surface area contributed by atoms with Crippen LogP contribution >= 0.6 is 24.0 Å². The van der Waals surface area contributed by atoms with Gasteiger partial charge in [-0.2, -0.15) is 0 Å². The molecule has 1 aliphatic heterocycles. The summed E-state index contributed by atoms with van der Waals surface area (Å²) in [6, 6.07) is 7.68. The summed E-state index contributed by atoms with van der Waals surface area (Å²) in [6.45, 7) is 7.55. The summed E-state index contributed by atoms with van der Waals surface area (Å²) in [5.74, 6) is -0.0421. The van der Waals surface area contributed by atoms with Crippen LogP contribution in [-0.4, -0.2) is 39.4 Å². The first-order valence-corrected chi connectivity index (χ1v) is 9.66. The van der Waals surface area contributed by atoms with E-state index in [1.54, 1.807) is 4.90 Å². The maximum Gasteiger partial charge on any atom is 0.246 e. The molecule has 1 aliphatic rings.